The second-order valence-corrected chi connectivity index (χ2v) is 4.89. The van der Waals surface area contributed by atoms with Crippen LogP contribution in [0, 0.1) is 0 Å². The third-order valence-electron chi connectivity index (χ3n) is 1.71. The van der Waals surface area contributed by atoms with E-state index in [1.807, 2.05) is 0 Å². The van der Waals surface area contributed by atoms with Gasteiger partial charge in [-0.05, 0) is 6.42 Å². The number of nitrogens with zero attached hydrogens (tertiary/aromatic N) is 3. The molecule has 0 spiro atoms. The molecule has 6 nitrogen and oxygen atoms in total. The van der Waals surface area contributed by atoms with Crippen LogP contribution in [0.2, 0.25) is 0 Å². The van der Waals surface area contributed by atoms with Crippen LogP contribution >= 0.6 is 0 Å². The highest BCUT2D eigenvalue weighted by molar-refractivity contribution is 7.85. The van der Waals surface area contributed by atoms with Gasteiger partial charge in [0.15, 0.2) is 0 Å². The van der Waals surface area contributed by atoms with E-state index < -0.39 is 10.1 Å². The van der Waals surface area contributed by atoms with Gasteiger partial charge in [-0.25, -0.2) is 4.68 Å². The van der Waals surface area contributed by atoms with Gasteiger partial charge in [-0.1, -0.05) is 18.6 Å². The van der Waals surface area contributed by atoms with Crippen LogP contribution in [0.15, 0.2) is 6.20 Å². The van der Waals surface area contributed by atoms with Crippen molar-refractivity contribution in [1.29, 1.82) is 0 Å². The molecule has 0 aliphatic carbocycles. The maximum absolute atomic E-state index is 10.7. The molecule has 0 aromatic carbocycles. The Morgan fingerprint density at radius 3 is 2.87 bits per heavy atom. The SMILES string of the molecule is CCCc1cn(CCOS(C)(=O)=O)nn1. The Morgan fingerprint density at radius 1 is 1.53 bits per heavy atom. The normalized spacial score (nSPS) is 11.9. The lowest BCUT2D eigenvalue weighted by Crippen LogP contribution is -2.10. The Balaban J connectivity index is 2.38. The van der Waals surface area contributed by atoms with E-state index in [4.69, 9.17) is 0 Å². The molecule has 0 bridgehead atoms. The van der Waals surface area contributed by atoms with Crippen molar-refractivity contribution in [2.75, 3.05) is 12.9 Å². The van der Waals surface area contributed by atoms with Crippen LogP contribution in [0.3, 0.4) is 0 Å². The largest absolute Gasteiger partial charge is 0.268 e. The molecule has 1 heterocycles. The first kappa shape index (κ1) is 12.1. The summed E-state index contributed by atoms with van der Waals surface area (Å²) >= 11 is 0. The zero-order valence-corrected chi connectivity index (χ0v) is 9.70. The smallest absolute Gasteiger partial charge is 0.264 e. The monoisotopic (exact) mass is 233 g/mol. The summed E-state index contributed by atoms with van der Waals surface area (Å²) in [6.07, 6.45) is 4.72. The van der Waals surface area contributed by atoms with Crippen LogP contribution in [-0.2, 0) is 27.3 Å². The van der Waals surface area contributed by atoms with Gasteiger partial charge in [0.2, 0.25) is 0 Å². The van der Waals surface area contributed by atoms with Crippen molar-refractivity contribution in [3.05, 3.63) is 11.9 Å². The number of aromatic nitrogens is 3. The number of hydrogen-bond donors (Lipinski definition) is 0. The van der Waals surface area contributed by atoms with E-state index in [1.54, 1.807) is 10.9 Å². The van der Waals surface area contributed by atoms with Gasteiger partial charge in [-0.3, -0.25) is 4.18 Å². The minimum absolute atomic E-state index is 0.0910. The third kappa shape index (κ3) is 4.89. The Hall–Kier alpha value is -0.950. The zero-order valence-electron chi connectivity index (χ0n) is 8.88. The summed E-state index contributed by atoms with van der Waals surface area (Å²) in [5.74, 6) is 0. The molecule has 0 saturated carbocycles. The van der Waals surface area contributed by atoms with Crippen LogP contribution in [0.1, 0.15) is 19.0 Å². The molecule has 0 atom stereocenters. The fourth-order valence-electron chi connectivity index (χ4n) is 1.10. The van der Waals surface area contributed by atoms with Gasteiger partial charge in [0, 0.05) is 6.20 Å². The molecule has 1 aromatic rings. The highest BCUT2D eigenvalue weighted by Gasteiger charge is 2.03. The molecule has 0 N–H and O–H groups in total. The van der Waals surface area contributed by atoms with Crippen molar-refractivity contribution in [1.82, 2.24) is 15.0 Å². The lowest BCUT2D eigenvalue weighted by molar-refractivity contribution is 0.295. The Morgan fingerprint density at radius 2 is 2.27 bits per heavy atom. The summed E-state index contributed by atoms with van der Waals surface area (Å²) in [6.45, 7) is 2.54. The Bertz CT molecular complexity index is 399. The summed E-state index contributed by atoms with van der Waals surface area (Å²) in [7, 11) is -3.36. The average molecular weight is 233 g/mol. The Kier molecular flexibility index (Phi) is 4.22. The van der Waals surface area contributed by atoms with Gasteiger partial charge < -0.3 is 0 Å². The van der Waals surface area contributed by atoms with Gasteiger partial charge >= 0.3 is 0 Å². The van der Waals surface area contributed by atoms with Crippen molar-refractivity contribution in [2.45, 2.75) is 26.3 Å². The van der Waals surface area contributed by atoms with Gasteiger partial charge in [0.1, 0.15) is 0 Å². The molecular weight excluding hydrogens is 218 g/mol. The minimum Gasteiger partial charge on any atom is -0.268 e. The molecule has 7 heteroatoms. The summed E-state index contributed by atoms with van der Waals surface area (Å²) < 4.78 is 27.5. The number of hydrogen-bond acceptors (Lipinski definition) is 5. The molecule has 0 aliphatic heterocycles. The molecule has 15 heavy (non-hydrogen) atoms. The van der Waals surface area contributed by atoms with Crippen molar-refractivity contribution >= 4 is 10.1 Å². The van der Waals surface area contributed by atoms with E-state index in [0.29, 0.717) is 6.54 Å². The Labute approximate surface area is 89.4 Å². The third-order valence-corrected chi connectivity index (χ3v) is 2.30. The molecule has 0 fully saturated rings. The first-order valence-corrected chi connectivity index (χ1v) is 6.56. The quantitative estimate of drug-likeness (QED) is 0.656. The highest BCUT2D eigenvalue weighted by atomic mass is 32.2. The number of rotatable bonds is 6. The van der Waals surface area contributed by atoms with Gasteiger partial charge in [0.25, 0.3) is 10.1 Å². The topological polar surface area (TPSA) is 74.1 Å². The van der Waals surface area contributed by atoms with Crippen LogP contribution in [-0.4, -0.2) is 36.3 Å². The standard InChI is InChI=1S/C8H15N3O3S/c1-3-4-8-7-11(10-9-8)5-6-14-15(2,12)13/h7H,3-6H2,1-2H3. The first-order chi connectivity index (χ1) is 7.01. The van der Waals surface area contributed by atoms with E-state index in [-0.39, 0.29) is 6.61 Å². The fourth-order valence-corrected chi connectivity index (χ4v) is 1.48. The molecule has 86 valence electrons. The van der Waals surface area contributed by atoms with E-state index >= 15 is 0 Å². The summed E-state index contributed by atoms with van der Waals surface area (Å²) in [6, 6.07) is 0. The predicted molar refractivity (Wildman–Crippen MR) is 54.8 cm³/mol. The fraction of sp³-hybridized carbons (Fsp3) is 0.750. The first-order valence-electron chi connectivity index (χ1n) is 4.74. The molecule has 0 saturated heterocycles. The summed E-state index contributed by atoms with van der Waals surface area (Å²) in [4.78, 5) is 0. The highest BCUT2D eigenvalue weighted by Crippen LogP contribution is 1.97. The van der Waals surface area contributed by atoms with Crippen LogP contribution < -0.4 is 0 Å². The second-order valence-electron chi connectivity index (χ2n) is 3.25. The second kappa shape index (κ2) is 5.22. The minimum atomic E-state index is -3.36. The van der Waals surface area contributed by atoms with Crippen molar-refractivity contribution < 1.29 is 12.6 Å². The van der Waals surface area contributed by atoms with Crippen LogP contribution in [0.25, 0.3) is 0 Å². The van der Waals surface area contributed by atoms with Crippen LogP contribution in [0.5, 0.6) is 0 Å². The molecule has 0 aliphatic rings. The van der Waals surface area contributed by atoms with Crippen LogP contribution in [0.4, 0.5) is 0 Å². The maximum atomic E-state index is 10.7. The van der Waals surface area contributed by atoms with E-state index in [1.165, 1.54) is 0 Å². The van der Waals surface area contributed by atoms with E-state index in [9.17, 15) is 8.42 Å². The lowest BCUT2D eigenvalue weighted by atomic mass is 10.3. The lowest BCUT2D eigenvalue weighted by Gasteiger charge is -1.99. The van der Waals surface area contributed by atoms with E-state index in [0.717, 1.165) is 24.8 Å². The van der Waals surface area contributed by atoms with Crippen molar-refractivity contribution in [3.8, 4) is 0 Å². The summed E-state index contributed by atoms with van der Waals surface area (Å²) in [5.41, 5.74) is 0.914. The molecule has 0 unspecified atom stereocenters. The zero-order chi connectivity index (χ0) is 11.3. The molecule has 0 radical (unpaired) electrons. The summed E-state index contributed by atoms with van der Waals surface area (Å²) in [5, 5.41) is 7.78. The molecule has 1 aromatic heterocycles. The maximum Gasteiger partial charge on any atom is 0.264 e. The van der Waals surface area contributed by atoms with Gasteiger partial charge in [-0.2, -0.15) is 8.42 Å². The van der Waals surface area contributed by atoms with E-state index in [2.05, 4.69) is 21.4 Å². The molecular formula is C8H15N3O3S. The predicted octanol–water partition coefficient (Wildman–Crippen LogP) is 0.207. The van der Waals surface area contributed by atoms with Gasteiger partial charge in [-0.15, -0.1) is 5.10 Å². The number of aryl methyl sites for hydroxylation is 1. The molecule has 1 rings (SSSR count). The molecule has 0 amide bonds. The van der Waals surface area contributed by atoms with Gasteiger partial charge in [0.05, 0.1) is 25.1 Å². The average Bonchev–Trinajstić information content (AvgIpc) is 2.51. The van der Waals surface area contributed by atoms with Crippen molar-refractivity contribution in [2.24, 2.45) is 0 Å². The van der Waals surface area contributed by atoms with Crippen molar-refractivity contribution in [3.63, 3.8) is 0 Å².